The fourth-order valence-electron chi connectivity index (χ4n) is 2.40. The molecular weight excluding hydrogens is 488 g/mol. The molecule has 0 fully saturated rings. The summed E-state index contributed by atoms with van der Waals surface area (Å²) in [5, 5.41) is 3.73. The van der Waals surface area contributed by atoms with E-state index < -0.39 is 47.1 Å². The van der Waals surface area contributed by atoms with Crippen LogP contribution in [0.1, 0.15) is 5.01 Å². The molecule has 8 nitrogen and oxygen atoms in total. The molecule has 1 aromatic carbocycles. The number of amides is 1. The molecular formula is C16H11ClF4N4O4S2. The third-order valence-electron chi connectivity index (χ3n) is 3.66. The summed E-state index contributed by atoms with van der Waals surface area (Å²) in [5.41, 5.74) is -0.684. The summed E-state index contributed by atoms with van der Waals surface area (Å²) in [6.45, 7) is -1.93. The summed E-state index contributed by atoms with van der Waals surface area (Å²) in [5.74, 6) is -1.76. The normalized spacial score (nSPS) is 16.0. The summed E-state index contributed by atoms with van der Waals surface area (Å²) >= 11 is 6.70. The fourth-order valence-corrected chi connectivity index (χ4v) is 4.42. The minimum atomic E-state index is -4.99. The molecule has 0 radical (unpaired) electrons. The first-order valence-corrected chi connectivity index (χ1v) is 10.8. The van der Waals surface area contributed by atoms with Crippen molar-refractivity contribution in [3.8, 4) is 0 Å². The van der Waals surface area contributed by atoms with Crippen LogP contribution in [-0.2, 0) is 19.7 Å². The van der Waals surface area contributed by atoms with Crippen LogP contribution in [0.25, 0.3) is 0 Å². The highest BCUT2D eigenvalue weighted by Crippen LogP contribution is 2.25. The lowest BCUT2D eigenvalue weighted by Gasteiger charge is -2.27. The van der Waals surface area contributed by atoms with Gasteiger partial charge in [0.15, 0.2) is 0 Å². The summed E-state index contributed by atoms with van der Waals surface area (Å²) in [6.07, 6.45) is -2.55. The number of carbonyl (C=O) groups excluding carboxylic acids is 1. The monoisotopic (exact) mass is 498 g/mol. The first kappa shape index (κ1) is 23.1. The zero-order chi connectivity index (χ0) is 22.8. The average molecular weight is 499 g/mol. The number of thiazole rings is 1. The van der Waals surface area contributed by atoms with Gasteiger partial charge in [-0.1, -0.05) is 11.6 Å². The second-order valence-corrected chi connectivity index (χ2v) is 8.59. The molecule has 0 bridgehead atoms. The Kier molecular flexibility index (Phi) is 6.64. The summed E-state index contributed by atoms with van der Waals surface area (Å²) in [6, 6.07) is 3.23. The molecule has 0 atom stereocenters. The lowest BCUT2D eigenvalue weighted by atomic mass is 10.2. The molecule has 1 amide bonds. The molecule has 0 aliphatic carbocycles. The zero-order valence-electron chi connectivity index (χ0n) is 15.1. The number of ether oxygens (including phenoxy) is 1. The number of allylic oxidation sites excluding steroid dienone is 1. The van der Waals surface area contributed by atoms with Crippen LogP contribution in [0.3, 0.4) is 0 Å². The maximum absolute atomic E-state index is 13.3. The van der Waals surface area contributed by atoms with Gasteiger partial charge in [-0.25, -0.2) is 13.7 Å². The third kappa shape index (κ3) is 5.78. The molecule has 1 aliphatic rings. The number of carbonyl (C=O) groups is 1. The standard InChI is InChI=1S/C16H11ClF4N4O4S2/c17-10-7-9(1-2-11(10)18)23-14(26)13-8-12(15-22-3-6-30-15)24-31(27,28)25(13)4-5-29-16(19,20)21/h1-3,6-8H,4-5H2,(H,23,26). The van der Waals surface area contributed by atoms with Crippen LogP contribution in [0.15, 0.2) is 45.9 Å². The van der Waals surface area contributed by atoms with Crippen LogP contribution < -0.4 is 5.32 Å². The molecule has 1 aromatic heterocycles. The Morgan fingerprint density at radius 3 is 2.68 bits per heavy atom. The van der Waals surface area contributed by atoms with Crippen LogP contribution in [0.5, 0.6) is 0 Å². The van der Waals surface area contributed by atoms with Crippen molar-refractivity contribution in [1.29, 1.82) is 0 Å². The molecule has 0 unspecified atom stereocenters. The van der Waals surface area contributed by atoms with Crippen molar-refractivity contribution in [3.63, 3.8) is 0 Å². The first-order valence-electron chi connectivity index (χ1n) is 8.17. The Balaban J connectivity index is 1.93. The fraction of sp³-hybridized carbons (Fsp3) is 0.188. The molecule has 15 heteroatoms. The quantitative estimate of drug-likeness (QED) is 0.616. The number of hydrogen-bond donors (Lipinski definition) is 1. The SMILES string of the molecule is O=C(Nc1ccc(F)c(Cl)c1)C1=CC(c2nccs2)=NS(=O)(=O)N1CCOC(F)(F)F. The topological polar surface area (TPSA) is 101 Å². The van der Waals surface area contributed by atoms with E-state index in [1.807, 2.05) is 0 Å². The molecule has 0 saturated heterocycles. The lowest BCUT2D eigenvalue weighted by Crippen LogP contribution is -2.40. The van der Waals surface area contributed by atoms with Crippen molar-refractivity contribution in [3.05, 3.63) is 57.4 Å². The Hall–Kier alpha value is -2.55. The van der Waals surface area contributed by atoms with Gasteiger partial charge in [-0.2, -0.15) is 8.42 Å². The molecule has 166 valence electrons. The Morgan fingerprint density at radius 1 is 1.32 bits per heavy atom. The zero-order valence-corrected chi connectivity index (χ0v) is 17.4. The van der Waals surface area contributed by atoms with Gasteiger partial charge in [-0.15, -0.1) is 28.9 Å². The van der Waals surface area contributed by atoms with Crippen molar-refractivity contribution in [2.75, 3.05) is 18.5 Å². The van der Waals surface area contributed by atoms with E-state index in [1.54, 1.807) is 5.38 Å². The van der Waals surface area contributed by atoms with Gasteiger partial charge in [-0.3, -0.25) is 9.53 Å². The number of aromatic nitrogens is 1. The van der Waals surface area contributed by atoms with Crippen molar-refractivity contribution in [1.82, 2.24) is 9.29 Å². The van der Waals surface area contributed by atoms with Gasteiger partial charge in [0.2, 0.25) is 0 Å². The van der Waals surface area contributed by atoms with Gasteiger partial charge in [0, 0.05) is 17.3 Å². The predicted molar refractivity (Wildman–Crippen MR) is 104 cm³/mol. The predicted octanol–water partition coefficient (Wildman–Crippen LogP) is 3.34. The van der Waals surface area contributed by atoms with Crippen LogP contribution in [-0.4, -0.2) is 48.8 Å². The number of hydrogen-bond acceptors (Lipinski definition) is 6. The highest BCUT2D eigenvalue weighted by Gasteiger charge is 2.35. The van der Waals surface area contributed by atoms with Gasteiger partial charge in [0.1, 0.15) is 22.2 Å². The molecule has 1 N–H and O–H groups in total. The molecule has 0 saturated carbocycles. The lowest BCUT2D eigenvalue weighted by molar-refractivity contribution is -0.324. The second-order valence-electron chi connectivity index (χ2n) is 5.77. The molecule has 2 heterocycles. The van der Waals surface area contributed by atoms with Crippen molar-refractivity contribution in [2.45, 2.75) is 6.36 Å². The van der Waals surface area contributed by atoms with Gasteiger partial charge in [-0.05, 0) is 24.3 Å². The van der Waals surface area contributed by atoms with Gasteiger partial charge >= 0.3 is 16.6 Å². The van der Waals surface area contributed by atoms with Crippen molar-refractivity contribution >= 4 is 50.5 Å². The Morgan fingerprint density at radius 2 is 2.06 bits per heavy atom. The summed E-state index contributed by atoms with van der Waals surface area (Å²) in [7, 11) is -4.59. The molecule has 2 aromatic rings. The second kappa shape index (κ2) is 8.90. The maximum Gasteiger partial charge on any atom is 0.522 e. The Labute approximate surface area is 182 Å². The van der Waals surface area contributed by atoms with Crippen LogP contribution in [0.4, 0.5) is 23.2 Å². The summed E-state index contributed by atoms with van der Waals surface area (Å²) in [4.78, 5) is 16.7. The number of benzene rings is 1. The smallest absolute Gasteiger partial charge is 0.321 e. The van der Waals surface area contributed by atoms with Crippen LogP contribution in [0, 0.1) is 5.82 Å². The van der Waals surface area contributed by atoms with E-state index in [1.165, 1.54) is 12.3 Å². The maximum atomic E-state index is 13.3. The van der Waals surface area contributed by atoms with E-state index in [2.05, 4.69) is 19.4 Å². The number of rotatable bonds is 6. The number of nitrogens with zero attached hydrogens (tertiary/aromatic N) is 3. The number of nitrogens with one attached hydrogen (secondary N) is 1. The largest absolute Gasteiger partial charge is 0.522 e. The number of halogens is 5. The van der Waals surface area contributed by atoms with Crippen LogP contribution in [0.2, 0.25) is 5.02 Å². The van der Waals surface area contributed by atoms with E-state index >= 15 is 0 Å². The van der Waals surface area contributed by atoms with Gasteiger partial charge in [0.25, 0.3) is 5.91 Å². The van der Waals surface area contributed by atoms with Crippen molar-refractivity contribution < 1.29 is 35.5 Å². The minimum Gasteiger partial charge on any atom is -0.321 e. The third-order valence-corrected chi connectivity index (χ3v) is 6.10. The first-order chi connectivity index (χ1) is 14.5. The van der Waals surface area contributed by atoms with E-state index in [0.29, 0.717) is 4.31 Å². The molecule has 0 spiro atoms. The van der Waals surface area contributed by atoms with Gasteiger partial charge in [0.05, 0.1) is 18.2 Å². The van der Waals surface area contributed by atoms with E-state index in [4.69, 9.17) is 11.6 Å². The van der Waals surface area contributed by atoms with E-state index in [0.717, 1.165) is 29.5 Å². The highest BCUT2D eigenvalue weighted by atomic mass is 35.5. The number of anilines is 1. The summed E-state index contributed by atoms with van der Waals surface area (Å²) < 4.78 is 82.9. The molecule has 1 aliphatic heterocycles. The van der Waals surface area contributed by atoms with Gasteiger partial charge < -0.3 is 5.32 Å². The molecule has 3 rings (SSSR count). The average Bonchev–Trinajstić information content (AvgIpc) is 3.19. The number of alkyl halides is 3. The minimum absolute atomic E-state index is 0.0273. The van der Waals surface area contributed by atoms with Crippen molar-refractivity contribution in [2.24, 2.45) is 4.40 Å². The molecule has 31 heavy (non-hydrogen) atoms. The van der Waals surface area contributed by atoms with Crippen LogP contribution >= 0.6 is 22.9 Å². The van der Waals surface area contributed by atoms with E-state index in [9.17, 15) is 30.8 Å². The van der Waals surface area contributed by atoms with E-state index in [-0.39, 0.29) is 21.4 Å². The Bertz CT molecular complexity index is 1150. The highest BCUT2D eigenvalue weighted by molar-refractivity contribution is 7.88.